The van der Waals surface area contributed by atoms with Crippen molar-refractivity contribution < 1.29 is 32.4 Å². The Labute approximate surface area is 372 Å². The predicted octanol–water partition coefficient (Wildman–Crippen LogP) is 12.4. The zero-order valence-electron chi connectivity index (χ0n) is 38.9. The molecule has 0 heterocycles. The smallest absolute Gasteiger partial charge is 0.306 e. The standard InChI is InChI=1S/C52H87NO7S/c1-5-6-7-8-9-10-11-12-13-14-15-16-17-18-19-20-21-22-23-24-25-26-27-28-50(56)60-43-35-36-51(3)42(39-43)30-31-44-46-33-32-45(52(46,4)48(54)40-47(44)51)41(2)29-34-49(55)53-37-38-61(57,58)59/h6-7,9-10,12-13,15-16,41-48,54H,5,8,11,14,17-40H2,1-4H3,(H,53,55)(H,57,58,59)/b7-6-,10-9-,13-12-,16-15-. The molecule has 10 unspecified atom stereocenters. The third kappa shape index (κ3) is 16.4. The molecule has 0 aromatic rings. The average molecular weight is 870 g/mol. The van der Waals surface area contributed by atoms with E-state index in [1.165, 1.54) is 70.6 Å². The largest absolute Gasteiger partial charge is 0.462 e. The number of hydrogen-bond acceptors (Lipinski definition) is 6. The zero-order chi connectivity index (χ0) is 44.1. The van der Waals surface area contributed by atoms with Crippen LogP contribution >= 0.6 is 0 Å². The number of unbranched alkanes of at least 4 members (excludes halogenated alkanes) is 10. The van der Waals surface area contributed by atoms with Gasteiger partial charge in [-0.15, -0.1) is 0 Å². The molecule has 0 aromatic carbocycles. The second-order valence-corrected chi connectivity index (χ2v) is 21.6. The number of esters is 1. The maximum absolute atomic E-state index is 12.9. The Morgan fingerprint density at radius 1 is 0.754 bits per heavy atom. The van der Waals surface area contributed by atoms with Crippen LogP contribution in [0.5, 0.6) is 0 Å². The number of aliphatic hydroxyl groups excluding tert-OH is 1. The number of carbonyl (C=O) groups excluding carboxylic acids is 2. The van der Waals surface area contributed by atoms with Crippen molar-refractivity contribution in [3.8, 4) is 0 Å². The Bertz CT molecular complexity index is 1540. The number of amides is 1. The summed E-state index contributed by atoms with van der Waals surface area (Å²) in [7, 11) is -4.10. The van der Waals surface area contributed by atoms with Crippen LogP contribution in [0.3, 0.4) is 0 Å². The fourth-order valence-electron chi connectivity index (χ4n) is 12.5. The number of nitrogens with one attached hydrogen (secondary N) is 1. The van der Waals surface area contributed by atoms with Crippen LogP contribution in [0.4, 0.5) is 0 Å². The van der Waals surface area contributed by atoms with Gasteiger partial charge in [0.2, 0.25) is 5.91 Å². The number of rotatable bonds is 28. The van der Waals surface area contributed by atoms with Crippen LogP contribution in [0, 0.1) is 46.3 Å². The molecule has 4 aliphatic rings. The van der Waals surface area contributed by atoms with Crippen molar-refractivity contribution in [3.63, 3.8) is 0 Å². The summed E-state index contributed by atoms with van der Waals surface area (Å²) in [5.41, 5.74) is -0.00573. The molecular formula is C52H87NO7S. The lowest BCUT2D eigenvalue weighted by molar-refractivity contribution is -0.181. The number of aliphatic hydroxyl groups is 1. The Kier molecular flexibility index (Phi) is 22.4. The fraction of sp³-hybridized carbons (Fsp3) is 0.808. The van der Waals surface area contributed by atoms with Gasteiger partial charge in [0, 0.05) is 19.4 Å². The van der Waals surface area contributed by atoms with Gasteiger partial charge in [-0.3, -0.25) is 14.1 Å². The van der Waals surface area contributed by atoms with E-state index in [9.17, 15) is 23.1 Å². The van der Waals surface area contributed by atoms with Gasteiger partial charge in [-0.1, -0.05) is 128 Å². The molecule has 1 amide bonds. The van der Waals surface area contributed by atoms with Crippen LogP contribution in [-0.4, -0.2) is 54.5 Å². The fourth-order valence-corrected chi connectivity index (χ4v) is 12.9. The third-order valence-electron chi connectivity index (χ3n) is 16.0. The van der Waals surface area contributed by atoms with Crippen LogP contribution in [0.1, 0.15) is 195 Å². The molecule has 4 aliphatic carbocycles. The average Bonchev–Trinajstić information content (AvgIpc) is 3.59. The lowest BCUT2D eigenvalue weighted by Crippen LogP contribution is -2.59. The van der Waals surface area contributed by atoms with Gasteiger partial charge in [0.05, 0.1) is 11.9 Å². The molecule has 0 aromatic heterocycles. The van der Waals surface area contributed by atoms with E-state index in [1.54, 1.807) is 0 Å². The van der Waals surface area contributed by atoms with Gasteiger partial charge in [-0.2, -0.15) is 8.42 Å². The lowest BCUT2D eigenvalue weighted by atomic mass is 9.43. The molecule has 4 rings (SSSR count). The van der Waals surface area contributed by atoms with Crippen molar-refractivity contribution in [1.82, 2.24) is 5.32 Å². The van der Waals surface area contributed by atoms with Crippen LogP contribution < -0.4 is 5.32 Å². The Balaban J connectivity index is 1.03. The van der Waals surface area contributed by atoms with Crippen molar-refractivity contribution in [2.75, 3.05) is 12.3 Å². The van der Waals surface area contributed by atoms with Gasteiger partial charge < -0.3 is 15.2 Å². The van der Waals surface area contributed by atoms with Crippen molar-refractivity contribution in [1.29, 1.82) is 0 Å². The first-order valence-corrected chi connectivity index (χ1v) is 26.6. The quantitative estimate of drug-likeness (QED) is 0.0309. The van der Waals surface area contributed by atoms with E-state index in [4.69, 9.17) is 9.29 Å². The highest BCUT2D eigenvalue weighted by molar-refractivity contribution is 7.85. The number of ether oxygens (including phenoxy) is 1. The van der Waals surface area contributed by atoms with E-state index in [1.807, 2.05) is 0 Å². The van der Waals surface area contributed by atoms with Crippen LogP contribution in [0.2, 0.25) is 0 Å². The minimum atomic E-state index is -4.10. The Hall–Kier alpha value is -2.23. The minimum absolute atomic E-state index is 0.0156. The highest BCUT2D eigenvalue weighted by Gasteiger charge is 2.63. The molecule has 3 N–H and O–H groups in total. The van der Waals surface area contributed by atoms with Gasteiger partial charge in [0.1, 0.15) is 6.10 Å². The van der Waals surface area contributed by atoms with E-state index in [-0.39, 0.29) is 47.4 Å². The van der Waals surface area contributed by atoms with E-state index in [0.29, 0.717) is 48.9 Å². The number of hydrogen-bond donors (Lipinski definition) is 3. The van der Waals surface area contributed by atoms with E-state index < -0.39 is 15.9 Å². The lowest BCUT2D eigenvalue weighted by Gasteiger charge is -2.62. The van der Waals surface area contributed by atoms with Gasteiger partial charge in [0.25, 0.3) is 10.1 Å². The third-order valence-corrected chi connectivity index (χ3v) is 16.7. The van der Waals surface area contributed by atoms with Crippen LogP contribution in [-0.2, 0) is 24.4 Å². The molecular weight excluding hydrogens is 783 g/mol. The Morgan fingerprint density at radius 2 is 1.36 bits per heavy atom. The van der Waals surface area contributed by atoms with Crippen molar-refractivity contribution in [3.05, 3.63) is 48.6 Å². The molecule has 0 saturated heterocycles. The number of fused-ring (bicyclic) bond motifs is 5. The van der Waals surface area contributed by atoms with Gasteiger partial charge >= 0.3 is 5.97 Å². The maximum Gasteiger partial charge on any atom is 0.306 e. The monoisotopic (exact) mass is 870 g/mol. The Morgan fingerprint density at radius 3 is 2.00 bits per heavy atom. The minimum Gasteiger partial charge on any atom is -0.462 e. The normalized spacial score (nSPS) is 30.8. The maximum atomic E-state index is 12.9. The molecule has 348 valence electrons. The van der Waals surface area contributed by atoms with E-state index in [0.717, 1.165) is 77.0 Å². The van der Waals surface area contributed by atoms with Gasteiger partial charge in [0.15, 0.2) is 0 Å². The molecule has 0 bridgehead atoms. The predicted molar refractivity (Wildman–Crippen MR) is 250 cm³/mol. The SMILES string of the molecule is CC/C=C\C/C=C\C/C=C\C/C=C\CCCCCCCCCCCCC(=O)OC1CCC2(C)C(CCC3C2CC(O)C2(C)C(C(C)CCC(=O)NCCS(=O)(=O)O)CCC32)C1. The van der Waals surface area contributed by atoms with Crippen LogP contribution in [0.25, 0.3) is 0 Å². The van der Waals surface area contributed by atoms with Crippen molar-refractivity contribution >= 4 is 22.0 Å². The van der Waals surface area contributed by atoms with E-state index >= 15 is 0 Å². The second-order valence-electron chi connectivity index (χ2n) is 20.1. The summed E-state index contributed by atoms with van der Waals surface area (Å²) in [6.07, 6.45) is 45.4. The summed E-state index contributed by atoms with van der Waals surface area (Å²) < 4.78 is 37.1. The number of carbonyl (C=O) groups is 2. The molecule has 10 atom stereocenters. The topological polar surface area (TPSA) is 130 Å². The van der Waals surface area contributed by atoms with E-state index in [2.05, 4.69) is 81.6 Å². The van der Waals surface area contributed by atoms with Gasteiger partial charge in [-0.25, -0.2) is 0 Å². The molecule has 0 aliphatic heterocycles. The molecule has 4 saturated carbocycles. The summed E-state index contributed by atoms with van der Waals surface area (Å²) in [5.74, 6) is 2.00. The first kappa shape index (κ1) is 51.4. The van der Waals surface area contributed by atoms with Gasteiger partial charge in [-0.05, 0) is 149 Å². The first-order chi connectivity index (χ1) is 29.3. The second kappa shape index (κ2) is 26.5. The molecule has 8 nitrogen and oxygen atoms in total. The molecule has 9 heteroatoms. The van der Waals surface area contributed by atoms with Crippen LogP contribution in [0.15, 0.2) is 48.6 Å². The summed E-state index contributed by atoms with van der Waals surface area (Å²) >= 11 is 0. The first-order valence-electron chi connectivity index (χ1n) is 25.0. The molecule has 0 spiro atoms. The molecule has 61 heavy (non-hydrogen) atoms. The summed E-state index contributed by atoms with van der Waals surface area (Å²) in [6.45, 7) is 9.09. The molecule has 4 fully saturated rings. The highest BCUT2D eigenvalue weighted by Crippen LogP contribution is 2.68. The van der Waals surface area contributed by atoms with Crippen molar-refractivity contribution in [2.24, 2.45) is 46.3 Å². The van der Waals surface area contributed by atoms with Crippen molar-refractivity contribution in [2.45, 2.75) is 207 Å². The zero-order valence-corrected chi connectivity index (χ0v) is 39.7. The summed E-state index contributed by atoms with van der Waals surface area (Å²) in [4.78, 5) is 25.4. The highest BCUT2D eigenvalue weighted by atomic mass is 32.2. The number of allylic oxidation sites excluding steroid dienone is 8. The summed E-state index contributed by atoms with van der Waals surface area (Å²) in [6, 6.07) is 0. The molecule has 0 radical (unpaired) electrons. The summed E-state index contributed by atoms with van der Waals surface area (Å²) in [5, 5.41) is 14.6.